The van der Waals surface area contributed by atoms with Gasteiger partial charge in [0.15, 0.2) is 0 Å². The summed E-state index contributed by atoms with van der Waals surface area (Å²) in [6.45, 7) is 2.04. The summed E-state index contributed by atoms with van der Waals surface area (Å²) in [5.74, 6) is 0.783. The molecule has 1 fully saturated rings. The van der Waals surface area contributed by atoms with Crippen LogP contribution in [0.1, 0.15) is 11.1 Å². The molecule has 2 atom stereocenters. The molecule has 1 heterocycles. The highest BCUT2D eigenvalue weighted by Gasteiger charge is 2.40. The normalized spacial score (nSPS) is 19.8. The number of methoxy groups -OCH3 is 1. The monoisotopic (exact) mass is 349 g/mol. The summed E-state index contributed by atoms with van der Waals surface area (Å²) in [4.78, 5) is 0. The molecule has 1 saturated heterocycles. The summed E-state index contributed by atoms with van der Waals surface area (Å²) in [6.07, 6.45) is 0.136. The molecule has 0 aromatic heterocycles. The maximum absolute atomic E-state index is 11.6. The summed E-state index contributed by atoms with van der Waals surface area (Å²) < 4.78 is 11.3. The van der Waals surface area contributed by atoms with Crippen molar-refractivity contribution in [3.05, 3.63) is 65.7 Å². The highest BCUT2D eigenvalue weighted by atomic mass is 35.5. The van der Waals surface area contributed by atoms with Crippen LogP contribution in [0.15, 0.2) is 54.6 Å². The van der Waals surface area contributed by atoms with Gasteiger partial charge in [-0.3, -0.25) is 0 Å². The van der Waals surface area contributed by atoms with Crippen molar-refractivity contribution < 1.29 is 14.6 Å². The Balaban J connectivity index is 0.00000208. The summed E-state index contributed by atoms with van der Waals surface area (Å²) in [5.41, 5.74) is 0.721. The van der Waals surface area contributed by atoms with Crippen LogP contribution in [-0.4, -0.2) is 38.0 Å². The van der Waals surface area contributed by atoms with Crippen molar-refractivity contribution in [1.82, 2.24) is 5.32 Å². The van der Waals surface area contributed by atoms with E-state index in [1.54, 1.807) is 7.11 Å². The van der Waals surface area contributed by atoms with Crippen molar-refractivity contribution >= 4 is 12.4 Å². The predicted molar refractivity (Wildman–Crippen MR) is 96.9 cm³/mol. The number of benzene rings is 2. The largest absolute Gasteiger partial charge is 0.496 e. The number of morpholine rings is 1. The Bertz CT molecular complexity index is 632. The topological polar surface area (TPSA) is 50.7 Å². The first-order chi connectivity index (χ1) is 11.2. The summed E-state index contributed by atoms with van der Waals surface area (Å²) in [6, 6.07) is 17.5. The fourth-order valence-corrected chi connectivity index (χ4v) is 3.14. The van der Waals surface area contributed by atoms with E-state index in [9.17, 15) is 5.11 Å². The minimum Gasteiger partial charge on any atom is -0.496 e. The maximum atomic E-state index is 11.6. The fraction of sp³-hybridized carbons (Fsp3) is 0.368. The van der Waals surface area contributed by atoms with Gasteiger partial charge in [-0.1, -0.05) is 48.5 Å². The van der Waals surface area contributed by atoms with Crippen LogP contribution in [0.4, 0.5) is 0 Å². The number of hydrogen-bond acceptors (Lipinski definition) is 4. The Morgan fingerprint density at radius 1 is 1.17 bits per heavy atom. The number of nitrogens with one attached hydrogen (secondary N) is 1. The van der Waals surface area contributed by atoms with Crippen LogP contribution in [0.3, 0.4) is 0 Å². The third-order valence-corrected chi connectivity index (χ3v) is 4.39. The molecule has 0 aliphatic carbocycles. The molecule has 1 aliphatic rings. The molecule has 1 unspecified atom stereocenters. The molecular weight excluding hydrogens is 326 g/mol. The molecule has 2 N–H and O–H groups in total. The van der Waals surface area contributed by atoms with Crippen molar-refractivity contribution in [1.29, 1.82) is 0 Å². The van der Waals surface area contributed by atoms with Gasteiger partial charge in [0.25, 0.3) is 0 Å². The van der Waals surface area contributed by atoms with Crippen LogP contribution >= 0.6 is 12.4 Å². The van der Waals surface area contributed by atoms with Gasteiger partial charge in [-0.25, -0.2) is 0 Å². The second-order valence-corrected chi connectivity index (χ2v) is 5.84. The van der Waals surface area contributed by atoms with E-state index in [1.165, 1.54) is 0 Å². The van der Waals surface area contributed by atoms with Gasteiger partial charge < -0.3 is 19.9 Å². The Hall–Kier alpha value is -1.59. The molecule has 0 saturated carbocycles. The van der Waals surface area contributed by atoms with E-state index in [0.29, 0.717) is 19.6 Å². The number of para-hydroxylation sites is 1. The van der Waals surface area contributed by atoms with Crippen molar-refractivity contribution in [3.63, 3.8) is 0 Å². The van der Waals surface area contributed by atoms with Crippen LogP contribution in [0.25, 0.3) is 0 Å². The third-order valence-electron chi connectivity index (χ3n) is 4.39. The van der Waals surface area contributed by atoms with Gasteiger partial charge in [0, 0.05) is 19.5 Å². The SMILES string of the molecule is COc1ccccc1C[C@@](O)(c1ccccc1)C1CNCCO1.Cl. The van der Waals surface area contributed by atoms with Gasteiger partial charge in [0.1, 0.15) is 17.5 Å². The molecular formula is C19H24ClNO3. The van der Waals surface area contributed by atoms with Gasteiger partial charge in [-0.05, 0) is 17.2 Å². The van der Waals surface area contributed by atoms with E-state index in [1.807, 2.05) is 54.6 Å². The lowest BCUT2D eigenvalue weighted by Crippen LogP contribution is -2.52. The van der Waals surface area contributed by atoms with Crippen LogP contribution in [0, 0.1) is 0 Å². The van der Waals surface area contributed by atoms with Crippen molar-refractivity contribution in [2.45, 2.75) is 18.1 Å². The molecule has 2 aromatic carbocycles. The highest BCUT2D eigenvalue weighted by molar-refractivity contribution is 5.85. The lowest BCUT2D eigenvalue weighted by Gasteiger charge is -2.39. The van der Waals surface area contributed by atoms with E-state index in [-0.39, 0.29) is 18.5 Å². The number of aliphatic hydroxyl groups is 1. The molecule has 24 heavy (non-hydrogen) atoms. The van der Waals surface area contributed by atoms with E-state index in [0.717, 1.165) is 23.4 Å². The van der Waals surface area contributed by atoms with Gasteiger partial charge in [0.2, 0.25) is 0 Å². The van der Waals surface area contributed by atoms with Gasteiger partial charge >= 0.3 is 0 Å². The molecule has 0 bridgehead atoms. The molecule has 5 heteroatoms. The van der Waals surface area contributed by atoms with Gasteiger partial charge in [0.05, 0.1) is 13.7 Å². The molecule has 1 aliphatic heterocycles. The number of ether oxygens (including phenoxy) is 2. The number of rotatable bonds is 5. The zero-order valence-electron chi connectivity index (χ0n) is 13.8. The van der Waals surface area contributed by atoms with Gasteiger partial charge in [-0.2, -0.15) is 0 Å². The highest BCUT2D eigenvalue weighted by Crippen LogP contribution is 2.34. The molecule has 2 aromatic rings. The van der Waals surface area contributed by atoms with Crippen LogP contribution < -0.4 is 10.1 Å². The van der Waals surface area contributed by atoms with Crippen molar-refractivity contribution in [3.8, 4) is 5.75 Å². The molecule has 3 rings (SSSR count). The van der Waals surface area contributed by atoms with E-state index >= 15 is 0 Å². The molecule has 0 radical (unpaired) electrons. The maximum Gasteiger partial charge on any atom is 0.122 e. The summed E-state index contributed by atoms with van der Waals surface area (Å²) >= 11 is 0. The molecule has 130 valence electrons. The quantitative estimate of drug-likeness (QED) is 0.871. The Labute approximate surface area is 149 Å². The van der Waals surface area contributed by atoms with Gasteiger partial charge in [-0.15, -0.1) is 12.4 Å². The summed E-state index contributed by atoms with van der Waals surface area (Å²) in [5, 5.41) is 14.9. The van der Waals surface area contributed by atoms with Crippen molar-refractivity contribution in [2.24, 2.45) is 0 Å². The standard InChI is InChI=1S/C19H23NO3.ClH/c1-22-17-10-6-5-7-15(17)13-19(21,16-8-3-2-4-9-16)18-14-20-11-12-23-18;/h2-10,18,20-21H,11-14H2,1H3;1H/t18?,19-;/m1./s1. The molecule has 0 amide bonds. The van der Waals surface area contributed by atoms with E-state index in [4.69, 9.17) is 9.47 Å². The lowest BCUT2D eigenvalue weighted by molar-refractivity contribution is -0.124. The molecule has 4 nitrogen and oxygen atoms in total. The first-order valence-electron chi connectivity index (χ1n) is 7.96. The average Bonchev–Trinajstić information content (AvgIpc) is 2.63. The zero-order valence-corrected chi connectivity index (χ0v) is 14.6. The minimum atomic E-state index is -1.11. The minimum absolute atomic E-state index is 0. The van der Waals surface area contributed by atoms with E-state index in [2.05, 4.69) is 5.32 Å². The third kappa shape index (κ3) is 3.90. The number of halogens is 1. The van der Waals surface area contributed by atoms with Crippen LogP contribution in [0.5, 0.6) is 5.75 Å². The van der Waals surface area contributed by atoms with Crippen LogP contribution in [-0.2, 0) is 16.8 Å². The Morgan fingerprint density at radius 2 is 1.88 bits per heavy atom. The molecule has 0 spiro atoms. The zero-order chi connectivity index (χ0) is 16.1. The second-order valence-electron chi connectivity index (χ2n) is 5.84. The second kappa shape index (κ2) is 8.49. The average molecular weight is 350 g/mol. The first kappa shape index (κ1) is 18.7. The lowest BCUT2D eigenvalue weighted by atomic mass is 9.81. The number of hydrogen-bond donors (Lipinski definition) is 2. The Kier molecular flexibility index (Phi) is 6.63. The Morgan fingerprint density at radius 3 is 2.54 bits per heavy atom. The van der Waals surface area contributed by atoms with Crippen molar-refractivity contribution in [2.75, 3.05) is 26.8 Å². The van der Waals surface area contributed by atoms with Crippen LogP contribution in [0.2, 0.25) is 0 Å². The summed E-state index contributed by atoms with van der Waals surface area (Å²) in [7, 11) is 1.65. The fourth-order valence-electron chi connectivity index (χ4n) is 3.14. The first-order valence-corrected chi connectivity index (χ1v) is 7.96. The smallest absolute Gasteiger partial charge is 0.122 e. The van der Waals surface area contributed by atoms with E-state index < -0.39 is 5.60 Å². The predicted octanol–water partition coefficient (Wildman–Crippen LogP) is 2.54.